The molecule has 0 aliphatic rings. The van der Waals surface area contributed by atoms with Gasteiger partial charge in [0, 0.05) is 21.4 Å². The van der Waals surface area contributed by atoms with Crippen molar-refractivity contribution in [3.63, 3.8) is 0 Å². The van der Waals surface area contributed by atoms with E-state index in [1.54, 1.807) is 0 Å². The van der Waals surface area contributed by atoms with Crippen LogP contribution in [-0.2, 0) is 0 Å². The van der Waals surface area contributed by atoms with E-state index in [0.29, 0.717) is 0 Å². The van der Waals surface area contributed by atoms with E-state index in [1.807, 2.05) is 6.07 Å². The van der Waals surface area contributed by atoms with E-state index in [-0.39, 0.29) is 0 Å². The molecule has 7 aromatic rings. The molecule has 190 valence electrons. The van der Waals surface area contributed by atoms with E-state index in [0.717, 1.165) is 10.5 Å². The van der Waals surface area contributed by atoms with Gasteiger partial charge in [0.1, 0.15) is 0 Å². The Labute approximate surface area is 238 Å². The molecule has 0 atom stereocenters. The van der Waals surface area contributed by atoms with Crippen LogP contribution in [0, 0.1) is 5.41 Å². The number of aromatic nitrogens is 1. The van der Waals surface area contributed by atoms with Crippen molar-refractivity contribution in [3.05, 3.63) is 146 Å². The first kappa shape index (κ1) is 24.2. The van der Waals surface area contributed by atoms with Crippen molar-refractivity contribution in [2.75, 3.05) is 0 Å². The van der Waals surface area contributed by atoms with E-state index >= 15 is 0 Å². The predicted molar refractivity (Wildman–Crippen MR) is 172 cm³/mol. The first-order chi connectivity index (χ1) is 19.8. The highest BCUT2D eigenvalue weighted by Gasteiger charge is 2.14. The van der Waals surface area contributed by atoms with Gasteiger partial charge >= 0.3 is 0 Å². The number of nitrogens with zero attached hydrogens (tertiary/aromatic N) is 1. The van der Waals surface area contributed by atoms with Gasteiger partial charge in [0.2, 0.25) is 0 Å². The Kier molecular flexibility index (Phi) is 6.27. The quantitative estimate of drug-likeness (QED) is 0.129. The molecule has 0 radical (unpaired) electrons. The third-order valence-corrected chi connectivity index (χ3v) is 8.21. The number of para-hydroxylation sites is 2. The highest BCUT2D eigenvalue weighted by molar-refractivity contribution is 8.12. The lowest BCUT2D eigenvalue weighted by Crippen LogP contribution is -1.92. The molecule has 0 fully saturated rings. The molecule has 1 aromatic heterocycles. The monoisotopic (exact) mass is 530 g/mol. The number of fused-ring (bicyclic) bond motifs is 3. The Balaban J connectivity index is 1.37. The predicted octanol–water partition coefficient (Wildman–Crippen LogP) is 10.5. The summed E-state index contributed by atoms with van der Waals surface area (Å²) < 4.78 is 2.35. The van der Waals surface area contributed by atoms with Crippen molar-refractivity contribution in [2.45, 2.75) is 4.90 Å². The van der Waals surface area contributed by atoms with Crippen LogP contribution in [0.5, 0.6) is 0 Å². The maximum absolute atomic E-state index is 7.63. The second-order valence-electron chi connectivity index (χ2n) is 9.78. The van der Waals surface area contributed by atoms with Gasteiger partial charge in [-0.2, -0.15) is 0 Å². The second-order valence-corrected chi connectivity index (χ2v) is 10.7. The van der Waals surface area contributed by atoms with Crippen molar-refractivity contribution in [2.24, 2.45) is 0 Å². The van der Waals surface area contributed by atoms with Gasteiger partial charge in [-0.05, 0) is 75.8 Å². The van der Waals surface area contributed by atoms with Crippen molar-refractivity contribution in [1.29, 1.82) is 5.41 Å². The molecule has 6 aromatic carbocycles. The number of thioether (sulfide) groups is 1. The zero-order valence-corrected chi connectivity index (χ0v) is 22.6. The van der Waals surface area contributed by atoms with Gasteiger partial charge < -0.3 is 9.98 Å². The van der Waals surface area contributed by atoms with Crippen LogP contribution in [0.3, 0.4) is 0 Å². The van der Waals surface area contributed by atoms with Crippen LogP contribution >= 0.6 is 11.8 Å². The molecule has 3 heteroatoms. The molecule has 0 spiro atoms. The molecule has 0 unspecified atom stereocenters. The molecule has 1 heterocycles. The molecule has 0 saturated heterocycles. The standard InChI is InChI=1S/C37H26N2S/c38-25-40-37-20-9-7-18-33(37)31-16-5-4-15-30(31)28-12-10-11-26(23-28)27-21-22-36-34(24-27)32-17-6-8-19-35(32)39(36)29-13-2-1-3-14-29/h1-25,38H. The molecule has 0 aliphatic carbocycles. The third kappa shape index (κ3) is 4.21. The minimum absolute atomic E-state index is 1.08. The average molecular weight is 531 g/mol. The van der Waals surface area contributed by atoms with Gasteiger partial charge in [0.05, 0.1) is 16.6 Å². The number of hydrogen-bond acceptors (Lipinski definition) is 2. The Morgan fingerprint density at radius 3 is 1.98 bits per heavy atom. The summed E-state index contributed by atoms with van der Waals surface area (Å²) in [5, 5.41) is 10.1. The van der Waals surface area contributed by atoms with E-state index in [9.17, 15) is 0 Å². The molecule has 0 aliphatic heterocycles. The Morgan fingerprint density at radius 2 is 1.12 bits per heavy atom. The van der Waals surface area contributed by atoms with Gasteiger partial charge in [-0.3, -0.25) is 0 Å². The lowest BCUT2D eigenvalue weighted by Gasteiger charge is -2.14. The van der Waals surface area contributed by atoms with Gasteiger partial charge in [-0.15, -0.1) is 0 Å². The number of hydrogen-bond donors (Lipinski definition) is 1. The summed E-state index contributed by atoms with van der Waals surface area (Å²) in [5.74, 6) is 0. The van der Waals surface area contributed by atoms with Crippen LogP contribution < -0.4 is 0 Å². The zero-order chi connectivity index (χ0) is 26.9. The average Bonchev–Trinajstić information content (AvgIpc) is 3.36. The molecule has 0 amide bonds. The number of benzene rings is 6. The van der Waals surface area contributed by atoms with Crippen LogP contribution in [0.2, 0.25) is 0 Å². The summed E-state index contributed by atoms with van der Waals surface area (Å²) in [6, 6.07) is 51.8. The fraction of sp³-hybridized carbons (Fsp3) is 0. The Morgan fingerprint density at radius 1 is 0.475 bits per heavy atom. The van der Waals surface area contributed by atoms with Crippen molar-refractivity contribution >= 4 is 39.1 Å². The van der Waals surface area contributed by atoms with Gasteiger partial charge in [0.25, 0.3) is 0 Å². The van der Waals surface area contributed by atoms with E-state index < -0.39 is 0 Å². The summed E-state index contributed by atoms with van der Waals surface area (Å²) in [7, 11) is 0. The molecule has 40 heavy (non-hydrogen) atoms. The first-order valence-electron chi connectivity index (χ1n) is 13.4. The number of rotatable bonds is 6. The minimum Gasteiger partial charge on any atom is -0.309 e. The topological polar surface area (TPSA) is 28.8 Å². The largest absolute Gasteiger partial charge is 0.309 e. The third-order valence-electron chi connectivity index (χ3n) is 7.48. The van der Waals surface area contributed by atoms with Crippen LogP contribution in [0.1, 0.15) is 0 Å². The molecule has 2 nitrogen and oxygen atoms in total. The fourth-order valence-corrected chi connectivity index (χ4v) is 6.29. The fourth-order valence-electron chi connectivity index (χ4n) is 5.70. The highest BCUT2D eigenvalue weighted by Crippen LogP contribution is 2.39. The molecule has 7 rings (SSSR count). The lowest BCUT2D eigenvalue weighted by molar-refractivity contribution is 1.18. The van der Waals surface area contributed by atoms with Crippen LogP contribution in [-0.4, -0.2) is 10.1 Å². The number of nitrogens with one attached hydrogen (secondary N) is 1. The maximum atomic E-state index is 7.63. The smallest absolute Gasteiger partial charge is 0.0554 e. The summed E-state index contributed by atoms with van der Waals surface area (Å²) >= 11 is 1.44. The SMILES string of the molecule is N=CSc1ccccc1-c1ccccc1-c1cccc(-c2ccc3c(c2)c2ccccc2n3-c2ccccc2)c1. The summed E-state index contributed by atoms with van der Waals surface area (Å²) in [6.07, 6.45) is 0. The lowest BCUT2D eigenvalue weighted by atomic mass is 9.92. The second kappa shape index (κ2) is 10.4. The molecular weight excluding hydrogens is 504 g/mol. The minimum atomic E-state index is 1.08. The van der Waals surface area contributed by atoms with Crippen molar-refractivity contribution < 1.29 is 0 Å². The Hall–Kier alpha value is -4.86. The van der Waals surface area contributed by atoms with Gasteiger partial charge in [-0.25, -0.2) is 0 Å². The molecule has 0 saturated carbocycles. The maximum Gasteiger partial charge on any atom is 0.0554 e. The summed E-state index contributed by atoms with van der Waals surface area (Å²) in [4.78, 5) is 1.08. The normalized spacial score (nSPS) is 11.2. The van der Waals surface area contributed by atoms with E-state index in [4.69, 9.17) is 5.41 Å². The summed E-state index contributed by atoms with van der Waals surface area (Å²) in [5.41, 5.74) is 12.0. The Bertz CT molecular complexity index is 2000. The van der Waals surface area contributed by atoms with E-state index in [1.165, 1.54) is 72.6 Å². The zero-order valence-electron chi connectivity index (χ0n) is 21.8. The van der Waals surface area contributed by atoms with Crippen LogP contribution in [0.15, 0.2) is 150 Å². The van der Waals surface area contributed by atoms with Crippen molar-refractivity contribution in [3.8, 4) is 39.1 Å². The van der Waals surface area contributed by atoms with Gasteiger partial charge in [0.15, 0.2) is 0 Å². The van der Waals surface area contributed by atoms with Crippen LogP contribution in [0.25, 0.3) is 60.9 Å². The molecule has 0 bridgehead atoms. The first-order valence-corrected chi connectivity index (χ1v) is 14.2. The van der Waals surface area contributed by atoms with Crippen LogP contribution in [0.4, 0.5) is 0 Å². The summed E-state index contributed by atoms with van der Waals surface area (Å²) in [6.45, 7) is 0. The van der Waals surface area contributed by atoms with Crippen molar-refractivity contribution in [1.82, 2.24) is 4.57 Å². The van der Waals surface area contributed by atoms with Gasteiger partial charge in [-0.1, -0.05) is 115 Å². The highest BCUT2D eigenvalue weighted by atomic mass is 32.2. The van der Waals surface area contributed by atoms with E-state index in [2.05, 4.69) is 144 Å². The molecule has 1 N–H and O–H groups in total. The molecular formula is C37H26N2S.